The second-order valence-electron chi connectivity index (χ2n) is 7.06. The third kappa shape index (κ3) is 2.65. The molecular weight excluding hydrogens is 350 g/mol. The van der Waals surface area contributed by atoms with Gasteiger partial charge in [-0.05, 0) is 55.0 Å². The van der Waals surface area contributed by atoms with Gasteiger partial charge in [0.2, 0.25) is 0 Å². The zero-order valence-corrected chi connectivity index (χ0v) is 15.5. The molecule has 1 fully saturated rings. The summed E-state index contributed by atoms with van der Waals surface area (Å²) in [5, 5.41) is 11.2. The number of fused-ring (bicyclic) bond motifs is 2. The molecule has 0 saturated carbocycles. The second-order valence-corrected chi connectivity index (χ2v) is 7.45. The summed E-state index contributed by atoms with van der Waals surface area (Å²) in [7, 11) is 0. The van der Waals surface area contributed by atoms with Gasteiger partial charge in [-0.15, -0.1) is 0 Å². The number of aryl methyl sites for hydroxylation is 1. The first-order valence-electron chi connectivity index (χ1n) is 8.84. The lowest BCUT2D eigenvalue weighted by Gasteiger charge is -2.31. The van der Waals surface area contributed by atoms with Crippen molar-refractivity contribution in [3.63, 3.8) is 0 Å². The molecule has 2 aliphatic heterocycles. The number of rotatable bonds is 3. The van der Waals surface area contributed by atoms with Gasteiger partial charge in [0.1, 0.15) is 22.6 Å². The summed E-state index contributed by atoms with van der Waals surface area (Å²) in [5.41, 5.74) is 3.43. The molecule has 2 bridgehead atoms. The lowest BCUT2D eigenvalue weighted by molar-refractivity contribution is -0.130. The molecule has 26 heavy (non-hydrogen) atoms. The van der Waals surface area contributed by atoms with Crippen molar-refractivity contribution < 1.29 is 14.6 Å². The quantitative estimate of drug-likeness (QED) is 0.793. The number of carbonyl (C=O) groups is 1. The summed E-state index contributed by atoms with van der Waals surface area (Å²) in [6.07, 6.45) is 3.34. The van der Waals surface area contributed by atoms with Crippen molar-refractivity contribution in [2.45, 2.75) is 44.8 Å². The van der Waals surface area contributed by atoms with Crippen LogP contribution in [0.3, 0.4) is 0 Å². The number of hydrogen-bond donors (Lipinski definition) is 1. The number of Topliss-reactive ketones (excluding diaryl/α,β-unsaturated/α-hetero) is 1. The Morgan fingerprint density at radius 3 is 2.77 bits per heavy atom. The number of carbonyl (C=O) groups excluding carboxylic acids is 1. The van der Waals surface area contributed by atoms with Crippen LogP contribution in [0.25, 0.3) is 16.7 Å². The normalized spacial score (nSPS) is 25.0. The van der Waals surface area contributed by atoms with Gasteiger partial charge in [0.25, 0.3) is 0 Å². The molecular formula is C21H20ClNO3. The van der Waals surface area contributed by atoms with Crippen LogP contribution in [0.15, 0.2) is 42.3 Å². The third-order valence-electron chi connectivity index (χ3n) is 5.38. The van der Waals surface area contributed by atoms with E-state index in [1.807, 2.05) is 38.1 Å². The lowest BCUT2D eigenvalue weighted by atomic mass is 9.87. The molecule has 0 aliphatic carbocycles. The number of aromatic nitrogens is 1. The molecule has 4 nitrogen and oxygen atoms in total. The van der Waals surface area contributed by atoms with Gasteiger partial charge in [-0.3, -0.25) is 4.79 Å². The minimum absolute atomic E-state index is 0.0619. The Bertz CT molecular complexity index is 919. The Morgan fingerprint density at radius 2 is 2.08 bits per heavy atom. The van der Waals surface area contributed by atoms with Gasteiger partial charge < -0.3 is 9.84 Å². The van der Waals surface area contributed by atoms with Gasteiger partial charge in [-0.1, -0.05) is 36.7 Å². The van der Waals surface area contributed by atoms with E-state index in [1.165, 1.54) is 0 Å². The molecule has 0 radical (unpaired) electrons. The van der Waals surface area contributed by atoms with E-state index < -0.39 is 11.7 Å². The summed E-state index contributed by atoms with van der Waals surface area (Å²) in [6, 6.07) is 9.59. The molecule has 1 aromatic carbocycles. The zero-order chi connectivity index (χ0) is 18.5. The maximum Gasteiger partial charge on any atom is 0.195 e. The largest absolute Gasteiger partial charge is 0.508 e. The van der Waals surface area contributed by atoms with E-state index in [0.29, 0.717) is 23.6 Å². The molecule has 134 valence electrons. The molecule has 2 aliphatic rings. The fraction of sp³-hybridized carbons (Fsp3) is 0.333. The van der Waals surface area contributed by atoms with Crippen LogP contribution in [-0.4, -0.2) is 27.6 Å². The minimum atomic E-state index is -0.752. The van der Waals surface area contributed by atoms with E-state index in [-0.39, 0.29) is 11.5 Å². The maximum absolute atomic E-state index is 12.8. The van der Waals surface area contributed by atoms with Crippen LogP contribution in [0.4, 0.5) is 0 Å². The molecule has 1 aromatic heterocycles. The minimum Gasteiger partial charge on any atom is -0.508 e. The first-order valence-corrected chi connectivity index (χ1v) is 9.21. The molecule has 3 heterocycles. The van der Waals surface area contributed by atoms with E-state index in [2.05, 4.69) is 4.98 Å². The standard InChI is InChI=1S/C21H20ClNO3/c1-3-12-10-13(14-5-7-17(22)23-11-14)4-6-15(12)18-19(24)16-8-9-21(2,26-16)20(18)25/h4-7,10-11,16,25H,3,8-9H2,1-2H3. The van der Waals surface area contributed by atoms with Gasteiger partial charge in [0.05, 0.1) is 5.57 Å². The van der Waals surface area contributed by atoms with E-state index in [1.54, 1.807) is 12.3 Å². The molecule has 2 unspecified atom stereocenters. The van der Waals surface area contributed by atoms with Crippen molar-refractivity contribution in [1.82, 2.24) is 4.98 Å². The van der Waals surface area contributed by atoms with E-state index in [4.69, 9.17) is 16.3 Å². The van der Waals surface area contributed by atoms with Crippen molar-refractivity contribution >= 4 is 23.0 Å². The summed E-state index contributed by atoms with van der Waals surface area (Å²) in [5.74, 6) is -0.0556. The highest BCUT2D eigenvalue weighted by Gasteiger charge is 2.50. The summed E-state index contributed by atoms with van der Waals surface area (Å²) in [6.45, 7) is 3.90. The van der Waals surface area contributed by atoms with Crippen molar-refractivity contribution in [3.8, 4) is 11.1 Å². The van der Waals surface area contributed by atoms with E-state index in [0.717, 1.165) is 28.7 Å². The number of ether oxygens (including phenoxy) is 1. The number of pyridine rings is 1. The second kappa shape index (κ2) is 6.22. The number of aliphatic hydroxyl groups excluding tert-OH is 1. The highest BCUT2D eigenvalue weighted by molar-refractivity contribution is 6.29. The van der Waals surface area contributed by atoms with E-state index >= 15 is 0 Å². The zero-order valence-electron chi connectivity index (χ0n) is 14.8. The van der Waals surface area contributed by atoms with Gasteiger partial charge in [-0.2, -0.15) is 0 Å². The molecule has 1 saturated heterocycles. The third-order valence-corrected chi connectivity index (χ3v) is 5.60. The Labute approximate surface area is 157 Å². The van der Waals surface area contributed by atoms with Crippen LogP contribution >= 0.6 is 11.6 Å². The van der Waals surface area contributed by atoms with Crippen LogP contribution in [-0.2, 0) is 16.0 Å². The predicted molar refractivity (Wildman–Crippen MR) is 101 cm³/mol. The van der Waals surface area contributed by atoms with E-state index in [9.17, 15) is 9.90 Å². The topological polar surface area (TPSA) is 59.4 Å². The molecule has 0 spiro atoms. The van der Waals surface area contributed by atoms with Gasteiger partial charge in [-0.25, -0.2) is 4.98 Å². The van der Waals surface area contributed by atoms with Crippen LogP contribution in [0, 0.1) is 0 Å². The predicted octanol–water partition coefficient (Wildman–Crippen LogP) is 4.75. The van der Waals surface area contributed by atoms with Crippen LogP contribution in [0.1, 0.15) is 37.8 Å². The monoisotopic (exact) mass is 369 g/mol. The van der Waals surface area contributed by atoms with Crippen LogP contribution in [0.2, 0.25) is 5.15 Å². The van der Waals surface area contributed by atoms with Crippen molar-refractivity contribution in [2.75, 3.05) is 0 Å². The maximum atomic E-state index is 12.8. The van der Waals surface area contributed by atoms with Gasteiger partial charge >= 0.3 is 0 Å². The average Bonchev–Trinajstić information content (AvgIpc) is 3.02. The lowest BCUT2D eigenvalue weighted by Crippen LogP contribution is -2.37. The first-order chi connectivity index (χ1) is 12.4. The molecule has 4 rings (SSSR count). The Morgan fingerprint density at radius 1 is 1.31 bits per heavy atom. The fourth-order valence-corrected chi connectivity index (χ4v) is 3.97. The van der Waals surface area contributed by atoms with Crippen LogP contribution in [0.5, 0.6) is 0 Å². The number of halogens is 1. The average molecular weight is 370 g/mol. The van der Waals surface area contributed by atoms with Crippen molar-refractivity contribution in [3.05, 3.63) is 58.6 Å². The number of aliphatic hydroxyl groups is 1. The number of hydrogen-bond acceptors (Lipinski definition) is 4. The van der Waals surface area contributed by atoms with Crippen LogP contribution < -0.4 is 0 Å². The highest BCUT2D eigenvalue weighted by atomic mass is 35.5. The van der Waals surface area contributed by atoms with Crippen molar-refractivity contribution in [2.24, 2.45) is 0 Å². The molecule has 0 amide bonds. The molecule has 2 aromatic rings. The number of nitrogens with zero attached hydrogens (tertiary/aromatic N) is 1. The van der Waals surface area contributed by atoms with Gasteiger partial charge in [0.15, 0.2) is 5.78 Å². The number of ketones is 1. The molecule has 5 heteroatoms. The Kier molecular flexibility index (Phi) is 4.13. The van der Waals surface area contributed by atoms with Gasteiger partial charge in [0, 0.05) is 11.8 Å². The summed E-state index contributed by atoms with van der Waals surface area (Å²) < 4.78 is 5.76. The van der Waals surface area contributed by atoms with Crippen molar-refractivity contribution in [1.29, 1.82) is 0 Å². The molecule has 2 atom stereocenters. The fourth-order valence-electron chi connectivity index (χ4n) is 3.86. The summed E-state index contributed by atoms with van der Waals surface area (Å²) >= 11 is 5.87. The smallest absolute Gasteiger partial charge is 0.195 e. The molecule has 1 N–H and O–H groups in total. The highest BCUT2D eigenvalue weighted by Crippen LogP contribution is 2.45. The SMILES string of the molecule is CCc1cc(-c2ccc(Cl)nc2)ccc1C1=C(O)C2(C)CCC(O2)C1=O. The Balaban J connectivity index is 1.82. The Hall–Kier alpha value is -2.17. The summed E-state index contributed by atoms with van der Waals surface area (Å²) in [4.78, 5) is 17.0. The number of benzene rings is 1. The first kappa shape index (κ1) is 17.3.